The number of carbonyl (C=O) groups excluding carboxylic acids is 8. The van der Waals surface area contributed by atoms with Gasteiger partial charge in [-0.05, 0) is 170 Å². The number of rotatable bonds is 30. The molecule has 2 aliphatic rings. The zero-order chi connectivity index (χ0) is 83.8. The zero-order valence-corrected chi connectivity index (χ0v) is 70.4. The van der Waals surface area contributed by atoms with Crippen LogP contribution in [0.15, 0.2) is 153 Å². The van der Waals surface area contributed by atoms with Crippen LogP contribution in [0.25, 0.3) is 34.0 Å². The van der Waals surface area contributed by atoms with Gasteiger partial charge in [-0.25, -0.2) is 4.79 Å². The molecule has 5 aromatic carbocycles. The molecule has 113 heavy (non-hydrogen) atoms. The number of aryl methyl sites for hydroxylation is 3. The molecule has 3 aromatic heterocycles. The van der Waals surface area contributed by atoms with Crippen LogP contribution >= 0.6 is 11.6 Å². The number of hydrogen-bond donors (Lipinski definition) is 6. The second kappa shape index (κ2) is 55.8. The number of nitrogens with one attached hydrogen (secondary N) is 1. The van der Waals surface area contributed by atoms with E-state index in [4.69, 9.17) is 46.2 Å². The first-order valence-electron chi connectivity index (χ1n) is 39.3. The van der Waals surface area contributed by atoms with E-state index in [1.807, 2.05) is 80.6 Å². The van der Waals surface area contributed by atoms with E-state index in [0.717, 1.165) is 162 Å². The van der Waals surface area contributed by atoms with Gasteiger partial charge in [-0.1, -0.05) is 220 Å². The number of aliphatic hydroxyl groups excluding tert-OH is 2. The van der Waals surface area contributed by atoms with E-state index in [2.05, 4.69) is 69.3 Å². The minimum Gasteiger partial charge on any atom is -0.478 e. The lowest BCUT2D eigenvalue weighted by Gasteiger charge is -2.27. The third kappa shape index (κ3) is 38.3. The Morgan fingerprint density at radius 2 is 0.752 bits per heavy atom. The smallest absolute Gasteiger partial charge is 0.335 e. The molecule has 1 amide bonds. The van der Waals surface area contributed by atoms with Crippen molar-refractivity contribution in [2.45, 2.75) is 231 Å². The van der Waals surface area contributed by atoms with Crippen LogP contribution in [0.1, 0.15) is 302 Å². The van der Waals surface area contributed by atoms with Crippen molar-refractivity contribution in [1.29, 1.82) is 0 Å². The lowest BCUT2D eigenvalue weighted by molar-refractivity contribution is -0.118. The highest BCUT2D eigenvalue weighted by Gasteiger charge is 2.35. The zero-order valence-electron chi connectivity index (χ0n) is 69.6. The lowest BCUT2D eigenvalue weighted by Crippen LogP contribution is -2.33. The van der Waals surface area contributed by atoms with E-state index in [-0.39, 0.29) is 64.0 Å². The van der Waals surface area contributed by atoms with Crippen molar-refractivity contribution in [3.05, 3.63) is 196 Å². The molecule has 618 valence electrons. The molecule has 2 unspecified atom stereocenters. The van der Waals surface area contributed by atoms with Gasteiger partial charge in [0.1, 0.15) is 5.78 Å². The fraction of sp³-hybridized carbons (Fsp3) is 0.473. The number of Topliss-reactive ketones (excluding diaryl/α,β-unsaturated/α-hetero) is 6. The summed E-state index contributed by atoms with van der Waals surface area (Å²) in [4.78, 5) is 100. The number of nitrogens with zero attached hydrogens (tertiary/aromatic N) is 3. The highest BCUT2D eigenvalue weighted by molar-refractivity contribution is 6.63. The van der Waals surface area contributed by atoms with Gasteiger partial charge < -0.3 is 46.1 Å². The van der Waals surface area contributed by atoms with Gasteiger partial charge in [-0.3, -0.25) is 38.4 Å². The van der Waals surface area contributed by atoms with Crippen LogP contribution in [0.5, 0.6) is 0 Å². The summed E-state index contributed by atoms with van der Waals surface area (Å²) in [5, 5.41) is 37.9. The first-order valence-corrected chi connectivity index (χ1v) is 39.6. The predicted octanol–water partition coefficient (Wildman–Crippen LogP) is 20.9. The maximum absolute atomic E-state index is 12.4. The third-order valence-corrected chi connectivity index (χ3v) is 19.6. The number of nitrogens with two attached hydrogens (primary N) is 1. The molecule has 22 heteroatoms. The second-order valence-corrected chi connectivity index (χ2v) is 29.5. The summed E-state index contributed by atoms with van der Waals surface area (Å²) >= 11 is 5.02. The molecule has 8 aromatic rings. The highest BCUT2D eigenvalue weighted by Crippen LogP contribution is 2.43. The van der Waals surface area contributed by atoms with E-state index in [9.17, 15) is 43.2 Å². The molecule has 2 atom stereocenters. The van der Waals surface area contributed by atoms with Crippen molar-refractivity contribution < 1.29 is 72.0 Å². The summed E-state index contributed by atoms with van der Waals surface area (Å²) in [6.45, 7) is 27.4. The van der Waals surface area contributed by atoms with E-state index in [1.54, 1.807) is 79.7 Å². The number of carboxylic acid groups (broad SMARTS) is 1. The van der Waals surface area contributed by atoms with Crippen LogP contribution in [-0.2, 0) is 28.9 Å². The molecule has 3 heterocycles. The average Bonchev–Trinajstić information content (AvgIpc) is 1.76. The van der Waals surface area contributed by atoms with Crippen molar-refractivity contribution in [3.63, 3.8) is 0 Å². The Balaban J connectivity index is 0.000000673. The molecule has 2 fully saturated rings. The topological polar surface area (TPSA) is 365 Å². The summed E-state index contributed by atoms with van der Waals surface area (Å²) in [7, 11) is 2.00. The van der Waals surface area contributed by atoms with Crippen molar-refractivity contribution >= 4 is 63.4 Å². The Morgan fingerprint density at radius 1 is 0.451 bits per heavy atom. The van der Waals surface area contributed by atoms with Crippen molar-refractivity contribution in [2.24, 2.45) is 28.4 Å². The number of carboxylic acids is 1. The Hall–Kier alpha value is -9.51. The number of amides is 1. The summed E-state index contributed by atoms with van der Waals surface area (Å²) in [5.74, 6) is 2.52. The van der Waals surface area contributed by atoms with E-state index < -0.39 is 5.97 Å². The number of ketones is 6. The van der Waals surface area contributed by atoms with Crippen LogP contribution in [0.3, 0.4) is 0 Å². The average molecular weight is 1580 g/mol. The predicted molar refractivity (Wildman–Crippen MR) is 450 cm³/mol. The Labute approximate surface area is 675 Å². The number of hydrogen-bond acceptors (Lipinski definition) is 19. The van der Waals surface area contributed by atoms with Gasteiger partial charge in [-0.15, -0.1) is 0 Å². The number of aromatic nitrogens is 3. The fourth-order valence-corrected chi connectivity index (χ4v) is 12.2. The van der Waals surface area contributed by atoms with Crippen molar-refractivity contribution in [3.8, 4) is 34.0 Å². The van der Waals surface area contributed by atoms with Gasteiger partial charge in [0.15, 0.2) is 46.2 Å². The SMILES string of the molecule is CC(=O)c1ccc(C(C)=O)cc1.CC1(C)CCCC1CN.CCCCC(=O)CC(=O)c1ccc(C(C)=O)cc1.CCCCC(=O)Cl.CCCCc1cc(-c2ccc(C(=O)NCC3CCCC3(C)C)cc2)on1.CCCCc1cc(-c2ccc(C(=O)O)cc2)on1.CCCCc1cc(-c2ccc(C(C)=O)cc2)on1.CO.CO.N. The molecule has 2 aliphatic carbocycles. The fourth-order valence-electron chi connectivity index (χ4n) is 12.0. The maximum Gasteiger partial charge on any atom is 0.335 e. The number of halogens is 1. The van der Waals surface area contributed by atoms with E-state index in [1.165, 1.54) is 59.3 Å². The summed E-state index contributed by atoms with van der Waals surface area (Å²) in [6, 6.07) is 40.5. The van der Waals surface area contributed by atoms with Crippen molar-refractivity contribution in [1.82, 2.24) is 26.9 Å². The van der Waals surface area contributed by atoms with E-state index >= 15 is 0 Å². The number of aromatic carboxylic acids is 1. The molecule has 2 saturated carbocycles. The maximum atomic E-state index is 12.4. The van der Waals surface area contributed by atoms with Crippen LogP contribution < -0.4 is 17.2 Å². The van der Waals surface area contributed by atoms with Gasteiger partial charge in [0.05, 0.1) is 29.1 Å². The minimum absolute atomic E-state index is 0. The Bertz CT molecular complexity index is 3950. The first-order chi connectivity index (χ1) is 53.5. The van der Waals surface area contributed by atoms with E-state index in [0.29, 0.717) is 68.7 Å². The first kappa shape index (κ1) is 101. The lowest BCUT2D eigenvalue weighted by atomic mass is 9.82. The van der Waals surface area contributed by atoms with Crippen LogP contribution in [0.4, 0.5) is 0 Å². The number of benzene rings is 5. The Morgan fingerprint density at radius 3 is 1.03 bits per heavy atom. The molecular weight excluding hydrogens is 1450 g/mol. The second-order valence-electron chi connectivity index (χ2n) is 29.1. The highest BCUT2D eigenvalue weighted by atomic mass is 35.5. The monoisotopic (exact) mass is 1580 g/mol. The summed E-state index contributed by atoms with van der Waals surface area (Å²) in [6.07, 6.45) is 22.0. The number of aliphatic hydroxyl groups is 2. The van der Waals surface area contributed by atoms with Gasteiger partial charge in [0.2, 0.25) is 5.24 Å². The summed E-state index contributed by atoms with van der Waals surface area (Å²) in [5.41, 5.74) is 16.2. The van der Waals surface area contributed by atoms with Gasteiger partial charge in [-0.2, -0.15) is 0 Å². The van der Waals surface area contributed by atoms with Gasteiger partial charge >= 0.3 is 5.97 Å². The molecule has 10 rings (SSSR count). The Kier molecular flexibility index (Phi) is 50.2. The minimum atomic E-state index is -0.928. The van der Waals surface area contributed by atoms with Crippen LogP contribution in [0, 0.1) is 22.7 Å². The molecule has 0 bridgehead atoms. The quantitative estimate of drug-likeness (QED) is 0.0138. The van der Waals surface area contributed by atoms with Gasteiger partial charge in [0, 0.05) is 102 Å². The number of carbonyl (C=O) groups is 9. The standard InChI is InChI=1S/C22H30N2O2.C15H17NO2.C15H18O3.C14H15NO3.C10H10O2.C8H17N.C5H9ClO.2CH4O.H3N/c1-4-5-8-19-14-20(26-24-19)16-9-11-17(12-10-16)21(25)23-15-18-7-6-13-22(18,2)3;1-3-4-5-14-10-15(18-16-14)13-8-6-12(7-9-13)11(2)17;1-3-4-5-14(17)10-15(18)13-8-6-12(7-9-13)11(2)16;1-2-3-4-12-9-13(18-15-12)10-5-7-11(8-6-10)14(16)17;1-7(11)9-3-5-10(6-4-9)8(2)12;1-8(2)5-3-4-7(8)6-9;1-2-3-4-5(6)7;2*1-2;/h9-12,14,18H,4-8,13,15H2,1-3H3,(H,23,25);6-10H,3-5H2,1-2H3;6-9H,3-5,10H2,1-2H3;5-9H,2-4H2,1H3,(H,16,17);3-6H,1-2H3;7H,3-6,9H2,1-2H3;2-4H2,1H3;2*2H,1H3;1H3. The molecule has 0 saturated heterocycles. The molecule has 21 nitrogen and oxygen atoms in total. The molecule has 0 aliphatic heterocycles. The van der Waals surface area contributed by atoms with Crippen LogP contribution in [0.2, 0.25) is 0 Å². The van der Waals surface area contributed by atoms with Crippen LogP contribution in [-0.4, -0.2) is 110 Å². The van der Waals surface area contributed by atoms with Crippen molar-refractivity contribution in [2.75, 3.05) is 27.3 Å². The normalized spacial score (nSPS) is 13.6. The van der Waals surface area contributed by atoms with Gasteiger partial charge in [0.25, 0.3) is 5.91 Å². The largest absolute Gasteiger partial charge is 0.478 e. The molecular formula is C91H127ClN6O15. The molecule has 9 N–H and O–H groups in total. The summed E-state index contributed by atoms with van der Waals surface area (Å²) < 4.78 is 16.0. The molecule has 0 radical (unpaired) electrons. The molecule has 0 spiro atoms. The number of unbranched alkanes of at least 4 members (excludes halogenated alkanes) is 5. The third-order valence-electron chi connectivity index (χ3n) is 19.4.